The van der Waals surface area contributed by atoms with Crippen LogP contribution in [0.4, 0.5) is 8.78 Å². The summed E-state index contributed by atoms with van der Waals surface area (Å²) in [5.41, 5.74) is 0.482. The Morgan fingerprint density at radius 1 is 1.08 bits per heavy atom. The van der Waals surface area contributed by atoms with Gasteiger partial charge in [0, 0.05) is 19.4 Å². The molecule has 0 fully saturated rings. The molecule has 0 aliphatic rings. The van der Waals surface area contributed by atoms with Crippen LogP contribution in [0.1, 0.15) is 17.4 Å². The Hall–Kier alpha value is -2.58. The zero-order valence-electron chi connectivity index (χ0n) is 13.2. The number of aryl methyl sites for hydroxylation is 1. The molecule has 0 amide bonds. The first-order valence-corrected chi connectivity index (χ1v) is 8.86. The number of rotatable bonds is 5. The van der Waals surface area contributed by atoms with Crippen molar-refractivity contribution in [3.05, 3.63) is 83.9 Å². The molecule has 0 aliphatic heterocycles. The van der Waals surface area contributed by atoms with E-state index in [1.807, 2.05) is 0 Å². The molecule has 2 aromatic carbocycles. The molecule has 8 heteroatoms. The Bertz CT molecular complexity index is 985. The summed E-state index contributed by atoms with van der Waals surface area (Å²) in [6, 6.07) is 9.56. The number of hydrogen-bond donors (Lipinski definition) is 1. The lowest BCUT2D eigenvalue weighted by Gasteiger charge is -2.19. The third kappa shape index (κ3) is 3.59. The van der Waals surface area contributed by atoms with Crippen LogP contribution < -0.4 is 4.72 Å². The highest BCUT2D eigenvalue weighted by atomic mass is 32.2. The maximum atomic E-state index is 13.9. The molecule has 1 aromatic heterocycles. The third-order valence-electron chi connectivity index (χ3n) is 3.72. The second-order valence-corrected chi connectivity index (χ2v) is 7.12. The molecule has 1 heterocycles. The van der Waals surface area contributed by atoms with Crippen molar-refractivity contribution >= 4 is 10.0 Å². The van der Waals surface area contributed by atoms with E-state index in [1.165, 1.54) is 48.7 Å². The minimum Gasteiger partial charge on any atom is -0.336 e. The van der Waals surface area contributed by atoms with E-state index in [9.17, 15) is 17.2 Å². The van der Waals surface area contributed by atoms with Crippen molar-refractivity contribution in [3.8, 4) is 0 Å². The highest BCUT2D eigenvalue weighted by Gasteiger charge is 2.27. The molecule has 0 spiro atoms. The van der Waals surface area contributed by atoms with Gasteiger partial charge in [0.1, 0.15) is 28.4 Å². The topological polar surface area (TPSA) is 64.0 Å². The van der Waals surface area contributed by atoms with Gasteiger partial charge in [0.15, 0.2) is 0 Å². The summed E-state index contributed by atoms with van der Waals surface area (Å²) in [5, 5.41) is 0. The molecule has 1 unspecified atom stereocenters. The average molecular weight is 363 g/mol. The van der Waals surface area contributed by atoms with Gasteiger partial charge in [-0.15, -0.1) is 0 Å². The second kappa shape index (κ2) is 6.73. The normalized spacial score (nSPS) is 12.9. The van der Waals surface area contributed by atoms with Crippen LogP contribution in [0.15, 0.2) is 65.8 Å². The summed E-state index contributed by atoms with van der Waals surface area (Å²) in [7, 11) is -2.46. The van der Waals surface area contributed by atoms with E-state index in [0.717, 1.165) is 6.07 Å². The van der Waals surface area contributed by atoms with Gasteiger partial charge in [0.05, 0.1) is 0 Å². The van der Waals surface area contributed by atoms with Crippen LogP contribution in [-0.4, -0.2) is 18.0 Å². The van der Waals surface area contributed by atoms with Gasteiger partial charge < -0.3 is 4.57 Å². The van der Waals surface area contributed by atoms with Crippen molar-refractivity contribution in [1.82, 2.24) is 14.3 Å². The summed E-state index contributed by atoms with van der Waals surface area (Å²) < 4.78 is 56.5. The van der Waals surface area contributed by atoms with Gasteiger partial charge in [0.2, 0.25) is 10.0 Å². The van der Waals surface area contributed by atoms with Crippen molar-refractivity contribution in [2.24, 2.45) is 7.05 Å². The van der Waals surface area contributed by atoms with Crippen molar-refractivity contribution in [1.29, 1.82) is 0 Å². The Morgan fingerprint density at radius 2 is 1.76 bits per heavy atom. The summed E-state index contributed by atoms with van der Waals surface area (Å²) in [4.78, 5) is 3.70. The van der Waals surface area contributed by atoms with Gasteiger partial charge in [0.25, 0.3) is 0 Å². The van der Waals surface area contributed by atoms with Gasteiger partial charge >= 0.3 is 0 Å². The van der Waals surface area contributed by atoms with Crippen molar-refractivity contribution in [2.75, 3.05) is 0 Å². The van der Waals surface area contributed by atoms with Crippen molar-refractivity contribution in [3.63, 3.8) is 0 Å². The number of aromatic nitrogens is 2. The lowest BCUT2D eigenvalue weighted by molar-refractivity contribution is 0.544. The number of hydrogen-bond acceptors (Lipinski definition) is 3. The SMILES string of the molecule is Cn1ccnc1C(NS(=O)(=O)c1ccccc1F)c1ccc(F)cc1. The van der Waals surface area contributed by atoms with Gasteiger partial charge in [-0.2, -0.15) is 4.72 Å². The summed E-state index contributed by atoms with van der Waals surface area (Å²) in [6.45, 7) is 0. The highest BCUT2D eigenvalue weighted by molar-refractivity contribution is 7.89. The number of nitrogens with zero attached hydrogens (tertiary/aromatic N) is 2. The van der Waals surface area contributed by atoms with Crippen LogP contribution in [0, 0.1) is 11.6 Å². The molecule has 130 valence electrons. The lowest BCUT2D eigenvalue weighted by atomic mass is 10.1. The van der Waals surface area contributed by atoms with E-state index in [4.69, 9.17) is 0 Å². The standard InChI is InChI=1S/C17H15F2N3O2S/c1-22-11-10-20-17(22)16(12-6-8-13(18)9-7-12)21-25(23,24)15-5-3-2-4-14(15)19/h2-11,16,21H,1H3. The number of nitrogens with one attached hydrogen (secondary N) is 1. The van der Waals surface area contributed by atoms with E-state index >= 15 is 0 Å². The fourth-order valence-corrected chi connectivity index (χ4v) is 3.72. The highest BCUT2D eigenvalue weighted by Crippen LogP contribution is 2.24. The Kier molecular flexibility index (Phi) is 4.65. The predicted molar refractivity (Wildman–Crippen MR) is 88.2 cm³/mol. The van der Waals surface area contributed by atoms with Crippen molar-refractivity contribution in [2.45, 2.75) is 10.9 Å². The largest absolute Gasteiger partial charge is 0.336 e. The second-order valence-electron chi connectivity index (χ2n) is 5.43. The molecule has 0 bridgehead atoms. The number of halogens is 2. The summed E-state index contributed by atoms with van der Waals surface area (Å²) >= 11 is 0. The fourth-order valence-electron chi connectivity index (χ4n) is 2.46. The Morgan fingerprint density at radius 3 is 2.36 bits per heavy atom. The molecule has 25 heavy (non-hydrogen) atoms. The minimum absolute atomic E-state index is 0.395. The van der Waals surface area contributed by atoms with Crippen molar-refractivity contribution < 1.29 is 17.2 Å². The maximum absolute atomic E-state index is 13.9. The number of sulfonamides is 1. The van der Waals surface area contributed by atoms with Crippen LogP contribution >= 0.6 is 0 Å². The van der Waals surface area contributed by atoms with E-state index in [2.05, 4.69) is 9.71 Å². The molecule has 0 saturated carbocycles. The Labute approximate surface area is 144 Å². The lowest BCUT2D eigenvalue weighted by Crippen LogP contribution is -2.31. The zero-order valence-corrected chi connectivity index (χ0v) is 14.0. The molecular formula is C17H15F2N3O2S. The molecule has 0 aliphatic carbocycles. The van der Waals surface area contributed by atoms with Crippen LogP contribution in [-0.2, 0) is 17.1 Å². The molecular weight excluding hydrogens is 348 g/mol. The molecule has 5 nitrogen and oxygen atoms in total. The first-order chi connectivity index (χ1) is 11.9. The average Bonchev–Trinajstić information content (AvgIpc) is 3.00. The van der Waals surface area contributed by atoms with E-state index in [1.54, 1.807) is 17.8 Å². The first-order valence-electron chi connectivity index (χ1n) is 7.38. The zero-order chi connectivity index (χ0) is 18.0. The summed E-state index contributed by atoms with van der Waals surface area (Å²) in [5.74, 6) is -0.904. The Balaban J connectivity index is 2.05. The van der Waals surface area contributed by atoms with E-state index in [-0.39, 0.29) is 0 Å². The third-order valence-corrected chi connectivity index (χ3v) is 5.18. The quantitative estimate of drug-likeness (QED) is 0.758. The van der Waals surface area contributed by atoms with Crippen LogP contribution in [0.5, 0.6) is 0 Å². The maximum Gasteiger partial charge on any atom is 0.244 e. The molecule has 3 aromatic rings. The fraction of sp³-hybridized carbons (Fsp3) is 0.118. The molecule has 0 radical (unpaired) electrons. The predicted octanol–water partition coefficient (Wildman–Crippen LogP) is 2.77. The minimum atomic E-state index is -4.16. The van der Waals surface area contributed by atoms with Gasteiger partial charge in [-0.1, -0.05) is 24.3 Å². The van der Waals surface area contributed by atoms with Gasteiger partial charge in [-0.3, -0.25) is 0 Å². The van der Waals surface area contributed by atoms with E-state index in [0.29, 0.717) is 11.4 Å². The van der Waals surface area contributed by atoms with E-state index < -0.39 is 32.6 Å². The van der Waals surface area contributed by atoms with Gasteiger partial charge in [-0.05, 0) is 29.8 Å². The first kappa shape index (κ1) is 17.2. The number of benzene rings is 2. The smallest absolute Gasteiger partial charge is 0.244 e. The van der Waals surface area contributed by atoms with Gasteiger partial charge in [-0.25, -0.2) is 22.2 Å². The summed E-state index contributed by atoms with van der Waals surface area (Å²) in [6.07, 6.45) is 3.17. The molecule has 0 saturated heterocycles. The molecule has 1 atom stereocenters. The van der Waals surface area contributed by atoms with Crippen LogP contribution in [0.25, 0.3) is 0 Å². The van der Waals surface area contributed by atoms with Crippen LogP contribution in [0.3, 0.4) is 0 Å². The molecule has 1 N–H and O–H groups in total. The number of imidazole rings is 1. The van der Waals surface area contributed by atoms with Crippen LogP contribution in [0.2, 0.25) is 0 Å². The monoisotopic (exact) mass is 363 g/mol. The molecule has 3 rings (SSSR count).